The van der Waals surface area contributed by atoms with E-state index in [-0.39, 0.29) is 6.61 Å². The third-order valence-electron chi connectivity index (χ3n) is 2.42. The normalized spacial score (nSPS) is 12.5. The Morgan fingerprint density at radius 3 is 2.76 bits per heavy atom. The number of likely N-dealkylation sites (N-methyl/N-ethyl adjacent to an activating group) is 1. The van der Waals surface area contributed by atoms with Gasteiger partial charge < -0.3 is 19.8 Å². The smallest absolute Gasteiger partial charge is 0.128 e. The molecule has 96 valence electrons. The maximum Gasteiger partial charge on any atom is 0.128 e. The number of pyridine rings is 1. The predicted molar refractivity (Wildman–Crippen MR) is 66.0 cm³/mol. The van der Waals surface area contributed by atoms with E-state index in [1.165, 1.54) is 0 Å². The highest BCUT2D eigenvalue weighted by molar-refractivity contribution is 5.41. The van der Waals surface area contributed by atoms with Crippen LogP contribution in [-0.4, -0.2) is 48.6 Å². The van der Waals surface area contributed by atoms with Crippen LogP contribution in [0.15, 0.2) is 12.1 Å². The van der Waals surface area contributed by atoms with Crippen molar-refractivity contribution in [3.63, 3.8) is 0 Å². The van der Waals surface area contributed by atoms with E-state index in [0.29, 0.717) is 13.2 Å². The Bertz CT molecular complexity index is 358. The number of anilines is 1. The molecule has 0 aliphatic heterocycles. The fraction of sp³-hybridized carbons (Fsp3) is 0.583. The number of hydrogen-bond donors (Lipinski definition) is 2. The lowest BCUT2D eigenvalue weighted by atomic mass is 10.2. The number of rotatable bonds is 6. The summed E-state index contributed by atoms with van der Waals surface area (Å²) in [6.45, 7) is 2.60. The molecule has 1 atom stereocenters. The summed E-state index contributed by atoms with van der Waals surface area (Å²) in [5.74, 6) is 0.740. The van der Waals surface area contributed by atoms with Crippen LogP contribution in [0.3, 0.4) is 0 Å². The molecule has 5 heteroatoms. The molecule has 0 aromatic carbocycles. The number of nitrogens with zero attached hydrogens (tertiary/aromatic N) is 2. The average molecular weight is 240 g/mol. The Labute approximate surface area is 102 Å². The minimum absolute atomic E-state index is 0.00910. The molecule has 1 unspecified atom stereocenters. The first-order valence-electron chi connectivity index (χ1n) is 5.53. The van der Waals surface area contributed by atoms with Crippen molar-refractivity contribution in [2.45, 2.75) is 19.6 Å². The highest BCUT2D eigenvalue weighted by Gasteiger charge is 2.10. The summed E-state index contributed by atoms with van der Waals surface area (Å²) in [5.41, 5.74) is 1.67. The minimum atomic E-state index is -0.551. The van der Waals surface area contributed by atoms with E-state index in [2.05, 4.69) is 4.98 Å². The molecule has 1 heterocycles. The lowest BCUT2D eigenvalue weighted by Gasteiger charge is -2.22. The molecule has 0 saturated heterocycles. The van der Waals surface area contributed by atoms with Crippen molar-refractivity contribution in [2.75, 3.05) is 32.2 Å². The zero-order chi connectivity index (χ0) is 12.8. The van der Waals surface area contributed by atoms with Crippen molar-refractivity contribution in [3.05, 3.63) is 23.4 Å². The van der Waals surface area contributed by atoms with Crippen LogP contribution in [0.5, 0.6) is 0 Å². The van der Waals surface area contributed by atoms with Gasteiger partial charge in [0.2, 0.25) is 0 Å². The number of aliphatic hydroxyl groups is 2. The molecule has 1 rings (SSSR count). The summed E-state index contributed by atoms with van der Waals surface area (Å²) in [4.78, 5) is 6.20. The van der Waals surface area contributed by atoms with E-state index in [1.54, 1.807) is 7.11 Å². The van der Waals surface area contributed by atoms with E-state index < -0.39 is 6.10 Å². The van der Waals surface area contributed by atoms with Crippen molar-refractivity contribution < 1.29 is 14.9 Å². The number of aryl methyl sites for hydroxylation is 1. The molecule has 5 nitrogen and oxygen atoms in total. The van der Waals surface area contributed by atoms with Crippen LogP contribution >= 0.6 is 0 Å². The molecule has 1 aromatic rings. The molecule has 0 amide bonds. The Morgan fingerprint density at radius 2 is 2.18 bits per heavy atom. The van der Waals surface area contributed by atoms with Crippen LogP contribution < -0.4 is 4.90 Å². The third-order valence-corrected chi connectivity index (χ3v) is 2.42. The third kappa shape index (κ3) is 4.30. The highest BCUT2D eigenvalue weighted by Crippen LogP contribution is 2.14. The average Bonchev–Trinajstić information content (AvgIpc) is 2.28. The summed E-state index contributed by atoms with van der Waals surface area (Å²) >= 11 is 0. The monoisotopic (exact) mass is 240 g/mol. The van der Waals surface area contributed by atoms with Crippen molar-refractivity contribution in [1.29, 1.82) is 0 Å². The largest absolute Gasteiger partial charge is 0.392 e. The molecule has 2 N–H and O–H groups in total. The summed E-state index contributed by atoms with van der Waals surface area (Å²) in [7, 11) is 3.40. The number of methoxy groups -OCH3 is 1. The van der Waals surface area contributed by atoms with Gasteiger partial charge in [0, 0.05) is 26.4 Å². The topological polar surface area (TPSA) is 65.8 Å². The van der Waals surface area contributed by atoms with Gasteiger partial charge in [-0.3, -0.25) is 0 Å². The van der Waals surface area contributed by atoms with Gasteiger partial charge in [0.1, 0.15) is 5.82 Å². The molecule has 0 aliphatic carbocycles. The van der Waals surface area contributed by atoms with Gasteiger partial charge >= 0.3 is 0 Å². The second kappa shape index (κ2) is 6.54. The lowest BCUT2D eigenvalue weighted by Crippen LogP contribution is -2.32. The van der Waals surface area contributed by atoms with Crippen molar-refractivity contribution in [1.82, 2.24) is 4.98 Å². The quantitative estimate of drug-likeness (QED) is 0.750. The first kappa shape index (κ1) is 13.9. The molecule has 0 fully saturated rings. The van der Waals surface area contributed by atoms with Crippen molar-refractivity contribution in [3.8, 4) is 0 Å². The van der Waals surface area contributed by atoms with Crippen molar-refractivity contribution in [2.24, 2.45) is 0 Å². The van der Waals surface area contributed by atoms with Crippen LogP contribution in [0, 0.1) is 6.92 Å². The number of aromatic nitrogens is 1. The summed E-state index contributed by atoms with van der Waals surface area (Å²) in [6.07, 6.45) is -0.551. The first-order chi connectivity index (χ1) is 8.06. The van der Waals surface area contributed by atoms with Gasteiger partial charge in [-0.1, -0.05) is 0 Å². The van der Waals surface area contributed by atoms with E-state index in [1.807, 2.05) is 31.0 Å². The van der Waals surface area contributed by atoms with Crippen LogP contribution in [0.2, 0.25) is 0 Å². The van der Waals surface area contributed by atoms with Gasteiger partial charge in [-0.05, 0) is 24.6 Å². The predicted octanol–water partition coefficient (Wildman–Crippen LogP) is 0.326. The standard InChI is InChI=1S/C12H20N2O3/c1-9-4-10(7-15)5-12(13-9)14(2)6-11(16)8-17-3/h4-5,11,15-16H,6-8H2,1-3H3. The molecular weight excluding hydrogens is 220 g/mol. The van der Waals surface area contributed by atoms with Crippen LogP contribution in [0.1, 0.15) is 11.3 Å². The Hall–Kier alpha value is -1.17. The molecule has 0 saturated carbocycles. The first-order valence-corrected chi connectivity index (χ1v) is 5.53. The van der Waals surface area contributed by atoms with E-state index in [4.69, 9.17) is 9.84 Å². The van der Waals surface area contributed by atoms with Gasteiger partial charge in [-0.2, -0.15) is 0 Å². The molecule has 0 radical (unpaired) electrons. The van der Waals surface area contributed by atoms with Gasteiger partial charge in [0.25, 0.3) is 0 Å². The maximum absolute atomic E-state index is 9.63. The number of aliphatic hydroxyl groups excluding tert-OH is 2. The Kier molecular flexibility index (Phi) is 5.34. The minimum Gasteiger partial charge on any atom is -0.392 e. The van der Waals surface area contributed by atoms with Gasteiger partial charge in [-0.15, -0.1) is 0 Å². The van der Waals surface area contributed by atoms with Gasteiger partial charge in [-0.25, -0.2) is 4.98 Å². The fourth-order valence-corrected chi connectivity index (χ4v) is 1.66. The number of hydrogen-bond acceptors (Lipinski definition) is 5. The van der Waals surface area contributed by atoms with Gasteiger partial charge in [0.05, 0.1) is 19.3 Å². The molecule has 0 aliphatic rings. The summed E-state index contributed by atoms with van der Waals surface area (Å²) < 4.78 is 4.87. The maximum atomic E-state index is 9.63. The zero-order valence-electron chi connectivity index (χ0n) is 10.6. The summed E-state index contributed by atoms with van der Waals surface area (Å²) in [6, 6.07) is 3.65. The Morgan fingerprint density at radius 1 is 1.47 bits per heavy atom. The van der Waals surface area contributed by atoms with Crippen LogP contribution in [0.4, 0.5) is 5.82 Å². The SMILES string of the molecule is COCC(O)CN(C)c1cc(CO)cc(C)n1. The van der Waals surface area contributed by atoms with Crippen molar-refractivity contribution >= 4 is 5.82 Å². The molecular formula is C12H20N2O3. The second-order valence-corrected chi connectivity index (χ2v) is 4.12. The van der Waals surface area contributed by atoms with Crippen LogP contribution in [-0.2, 0) is 11.3 Å². The molecule has 0 spiro atoms. The highest BCUT2D eigenvalue weighted by atomic mass is 16.5. The van der Waals surface area contributed by atoms with E-state index in [9.17, 15) is 5.11 Å². The number of ether oxygens (including phenoxy) is 1. The van der Waals surface area contributed by atoms with Gasteiger partial charge in [0.15, 0.2) is 0 Å². The molecule has 17 heavy (non-hydrogen) atoms. The molecule has 1 aromatic heterocycles. The Balaban J connectivity index is 2.74. The van der Waals surface area contributed by atoms with Crippen LogP contribution in [0.25, 0.3) is 0 Å². The fourth-order valence-electron chi connectivity index (χ4n) is 1.66. The summed E-state index contributed by atoms with van der Waals surface area (Å²) in [5, 5.41) is 18.8. The zero-order valence-corrected chi connectivity index (χ0v) is 10.6. The molecule has 0 bridgehead atoms. The lowest BCUT2D eigenvalue weighted by molar-refractivity contribution is 0.0694. The second-order valence-electron chi connectivity index (χ2n) is 4.12. The van der Waals surface area contributed by atoms with E-state index in [0.717, 1.165) is 17.1 Å². The van der Waals surface area contributed by atoms with E-state index >= 15 is 0 Å².